The van der Waals surface area contributed by atoms with Crippen molar-refractivity contribution in [2.24, 2.45) is 0 Å². The minimum atomic E-state index is -4.78. The topological polar surface area (TPSA) is 25.8 Å². The Kier molecular flexibility index (Phi) is 2.35. The van der Waals surface area contributed by atoms with Gasteiger partial charge in [-0.2, -0.15) is 0 Å². The summed E-state index contributed by atoms with van der Waals surface area (Å²) in [7, 11) is 0. The molecule has 0 aliphatic heterocycles. The van der Waals surface area contributed by atoms with E-state index in [-0.39, 0.29) is 5.56 Å². The lowest BCUT2D eigenvalue weighted by Crippen LogP contribution is -2.20. The summed E-state index contributed by atoms with van der Waals surface area (Å²) in [5.41, 5.74) is 0.550. The molecule has 0 saturated heterocycles. The predicted octanol–water partition coefficient (Wildman–Crippen LogP) is 1.71. The molecule has 0 unspecified atom stereocenters. The van der Waals surface area contributed by atoms with E-state index < -0.39 is 13.3 Å². The van der Waals surface area contributed by atoms with Gasteiger partial charge >= 0.3 is 6.98 Å². The van der Waals surface area contributed by atoms with Crippen LogP contribution in [0.25, 0.3) is 0 Å². The molecule has 12 heavy (non-hydrogen) atoms. The lowest BCUT2D eigenvalue weighted by Gasteiger charge is -2.13. The van der Waals surface area contributed by atoms with Crippen molar-refractivity contribution in [3.8, 4) is 0 Å². The molecule has 2 nitrogen and oxygen atoms in total. The Morgan fingerprint density at radius 3 is 2.58 bits per heavy atom. The van der Waals surface area contributed by atoms with E-state index >= 15 is 0 Å². The summed E-state index contributed by atoms with van der Waals surface area (Å²) in [6.45, 7) is -3.24. The molecular formula is C6H7BF3N2-. The molecule has 66 valence electrons. The SMILES string of the molecule is Cc1ncncc1C[B-](F)(F)F. The van der Waals surface area contributed by atoms with Crippen LogP contribution in [0.3, 0.4) is 0 Å². The van der Waals surface area contributed by atoms with Crippen LogP contribution in [0.5, 0.6) is 0 Å². The molecule has 1 rings (SSSR count). The van der Waals surface area contributed by atoms with E-state index in [2.05, 4.69) is 9.97 Å². The van der Waals surface area contributed by atoms with Crippen LogP contribution in [0, 0.1) is 6.92 Å². The van der Waals surface area contributed by atoms with Gasteiger partial charge in [-0.25, -0.2) is 9.97 Å². The second kappa shape index (κ2) is 3.12. The molecule has 1 heterocycles. The average molecular weight is 175 g/mol. The van der Waals surface area contributed by atoms with Gasteiger partial charge in [0, 0.05) is 11.9 Å². The number of rotatable bonds is 2. The van der Waals surface area contributed by atoms with Gasteiger partial charge in [-0.05, 0) is 12.5 Å². The number of nitrogens with zero attached hydrogens (tertiary/aromatic N) is 2. The summed E-state index contributed by atoms with van der Waals surface area (Å²) < 4.78 is 35.8. The molecule has 0 N–H and O–H groups in total. The first-order chi connectivity index (χ1) is 5.49. The molecule has 0 saturated carbocycles. The van der Waals surface area contributed by atoms with Gasteiger partial charge in [-0.3, -0.25) is 0 Å². The van der Waals surface area contributed by atoms with Crippen molar-refractivity contribution in [1.82, 2.24) is 9.97 Å². The van der Waals surface area contributed by atoms with E-state index in [4.69, 9.17) is 0 Å². The number of hydrogen-bond donors (Lipinski definition) is 0. The smallest absolute Gasteiger partial charge is 0.449 e. The summed E-state index contributed by atoms with van der Waals surface area (Å²) in [5, 5.41) is 0. The van der Waals surface area contributed by atoms with Crippen LogP contribution in [0.1, 0.15) is 11.3 Å². The summed E-state index contributed by atoms with van der Waals surface area (Å²) >= 11 is 0. The highest BCUT2D eigenvalue weighted by atomic mass is 19.4. The zero-order chi connectivity index (χ0) is 9.19. The molecule has 0 atom stereocenters. The van der Waals surface area contributed by atoms with E-state index in [0.29, 0.717) is 5.69 Å². The fourth-order valence-corrected chi connectivity index (χ4v) is 0.869. The highest BCUT2D eigenvalue weighted by Crippen LogP contribution is 2.16. The first-order valence-electron chi connectivity index (χ1n) is 3.45. The number of aromatic nitrogens is 2. The van der Waals surface area contributed by atoms with Crippen molar-refractivity contribution in [1.29, 1.82) is 0 Å². The molecular weight excluding hydrogens is 168 g/mol. The van der Waals surface area contributed by atoms with E-state index in [0.717, 1.165) is 0 Å². The van der Waals surface area contributed by atoms with Gasteiger partial charge in [0.05, 0.1) is 0 Å². The summed E-state index contributed by atoms with van der Waals surface area (Å²) in [4.78, 5) is 7.19. The Hall–Kier alpha value is -1.07. The Balaban J connectivity index is 2.83. The molecule has 1 aromatic rings. The second-order valence-corrected chi connectivity index (χ2v) is 2.55. The van der Waals surface area contributed by atoms with Gasteiger partial charge in [0.15, 0.2) is 0 Å². The third kappa shape index (κ3) is 2.52. The van der Waals surface area contributed by atoms with E-state index in [1.165, 1.54) is 12.5 Å². The highest BCUT2D eigenvalue weighted by molar-refractivity contribution is 6.57. The molecule has 0 aliphatic carbocycles. The van der Waals surface area contributed by atoms with Gasteiger partial charge in [0.1, 0.15) is 6.33 Å². The van der Waals surface area contributed by atoms with E-state index in [9.17, 15) is 12.9 Å². The van der Waals surface area contributed by atoms with Gasteiger partial charge < -0.3 is 12.9 Å². The van der Waals surface area contributed by atoms with Crippen molar-refractivity contribution in [3.63, 3.8) is 0 Å². The Morgan fingerprint density at radius 1 is 1.42 bits per heavy atom. The molecule has 0 radical (unpaired) electrons. The van der Waals surface area contributed by atoms with Gasteiger partial charge in [-0.1, -0.05) is 6.32 Å². The average Bonchev–Trinajstić information content (AvgIpc) is 1.91. The molecule has 0 fully saturated rings. The fraction of sp³-hybridized carbons (Fsp3) is 0.333. The maximum absolute atomic E-state index is 11.9. The van der Waals surface area contributed by atoms with Crippen molar-refractivity contribution in [2.75, 3.05) is 0 Å². The first-order valence-corrected chi connectivity index (χ1v) is 3.45. The van der Waals surface area contributed by atoms with Crippen LogP contribution in [-0.2, 0) is 6.32 Å². The molecule has 6 heteroatoms. The Morgan fingerprint density at radius 2 is 2.08 bits per heavy atom. The van der Waals surface area contributed by atoms with Crippen molar-refractivity contribution in [2.45, 2.75) is 13.2 Å². The van der Waals surface area contributed by atoms with Crippen LogP contribution in [0.15, 0.2) is 12.5 Å². The summed E-state index contributed by atoms with van der Waals surface area (Å²) in [6.07, 6.45) is 1.55. The zero-order valence-electron chi connectivity index (χ0n) is 6.47. The van der Waals surface area contributed by atoms with Gasteiger partial charge in [0.2, 0.25) is 0 Å². The molecule has 1 aromatic heterocycles. The van der Waals surface area contributed by atoms with Crippen molar-refractivity contribution in [3.05, 3.63) is 23.8 Å². The van der Waals surface area contributed by atoms with Crippen LogP contribution >= 0.6 is 0 Å². The molecule has 0 bridgehead atoms. The third-order valence-electron chi connectivity index (χ3n) is 1.46. The lowest BCUT2D eigenvalue weighted by molar-refractivity contribution is 0.468. The summed E-state index contributed by atoms with van der Waals surface area (Å²) in [6, 6.07) is 0. The van der Waals surface area contributed by atoms with E-state index in [1.807, 2.05) is 0 Å². The molecule has 0 aliphatic rings. The summed E-state index contributed by atoms with van der Waals surface area (Å²) in [5.74, 6) is 0. The van der Waals surface area contributed by atoms with Gasteiger partial charge in [0.25, 0.3) is 0 Å². The minimum absolute atomic E-state index is 0.157. The quantitative estimate of drug-likeness (QED) is 0.639. The minimum Gasteiger partial charge on any atom is -0.449 e. The van der Waals surface area contributed by atoms with Crippen LogP contribution in [0.4, 0.5) is 12.9 Å². The van der Waals surface area contributed by atoms with E-state index in [1.54, 1.807) is 6.92 Å². The van der Waals surface area contributed by atoms with Crippen LogP contribution in [-0.4, -0.2) is 16.9 Å². The zero-order valence-corrected chi connectivity index (χ0v) is 6.47. The Labute approximate surface area is 67.9 Å². The largest absolute Gasteiger partial charge is 0.482 e. The normalized spacial score (nSPS) is 11.7. The first kappa shape index (κ1) is 9.03. The predicted molar refractivity (Wildman–Crippen MR) is 39.6 cm³/mol. The molecule has 0 aromatic carbocycles. The monoisotopic (exact) mass is 175 g/mol. The maximum Gasteiger partial charge on any atom is 0.482 e. The molecule has 0 spiro atoms. The Bertz CT molecular complexity index is 274. The maximum atomic E-state index is 11.9. The fourth-order valence-electron chi connectivity index (χ4n) is 0.869. The number of halogens is 3. The van der Waals surface area contributed by atoms with Crippen LogP contribution < -0.4 is 0 Å². The molecule has 0 amide bonds. The van der Waals surface area contributed by atoms with Crippen molar-refractivity contribution >= 4 is 6.98 Å². The number of aryl methyl sites for hydroxylation is 1. The second-order valence-electron chi connectivity index (χ2n) is 2.55. The lowest BCUT2D eigenvalue weighted by atomic mass is 9.82. The van der Waals surface area contributed by atoms with Crippen molar-refractivity contribution < 1.29 is 12.9 Å². The van der Waals surface area contributed by atoms with Gasteiger partial charge in [-0.15, -0.1) is 0 Å². The third-order valence-corrected chi connectivity index (χ3v) is 1.46. The van der Waals surface area contributed by atoms with Crippen LogP contribution in [0.2, 0.25) is 0 Å². The number of hydrogen-bond acceptors (Lipinski definition) is 2. The standard InChI is InChI=1S/C6H7BF3N2/c1-5-6(2-7(8,9)10)3-11-4-12-5/h3-4H,2H2,1H3/q-1. The highest BCUT2D eigenvalue weighted by Gasteiger charge is 2.24.